The molecular weight excluding hydrogens is 342 g/mol. The Balaban J connectivity index is 1.54. The second-order valence-electron chi connectivity index (χ2n) is 8.67. The quantitative estimate of drug-likeness (QED) is 0.757. The Bertz CT molecular complexity index is 638. The van der Waals surface area contributed by atoms with Crippen LogP contribution in [0.5, 0.6) is 5.75 Å². The molecule has 3 rings (SSSR count). The van der Waals surface area contributed by atoms with Gasteiger partial charge in [0.2, 0.25) is 0 Å². The fourth-order valence-electron chi connectivity index (χ4n) is 4.25. The number of amides is 1. The summed E-state index contributed by atoms with van der Waals surface area (Å²) in [6, 6.07) is 9.82. The minimum atomic E-state index is -0.493. The number of ketones is 1. The van der Waals surface area contributed by atoms with E-state index in [1.807, 2.05) is 56.0 Å². The van der Waals surface area contributed by atoms with E-state index in [4.69, 9.17) is 9.47 Å². The molecular formula is C22H31NO4. The van der Waals surface area contributed by atoms with Gasteiger partial charge in [0.25, 0.3) is 0 Å². The number of hydrogen-bond donors (Lipinski definition) is 0. The van der Waals surface area contributed by atoms with Crippen LogP contribution in [-0.4, -0.2) is 41.1 Å². The Morgan fingerprint density at radius 3 is 2.30 bits per heavy atom. The summed E-state index contributed by atoms with van der Waals surface area (Å²) in [5, 5.41) is 0. The number of nitrogens with zero attached hydrogens (tertiary/aromatic N) is 1. The van der Waals surface area contributed by atoms with Gasteiger partial charge in [-0.2, -0.15) is 0 Å². The van der Waals surface area contributed by atoms with E-state index in [0.717, 1.165) is 37.9 Å². The number of ether oxygens (including phenoxy) is 2. The van der Waals surface area contributed by atoms with Gasteiger partial charge in [0.15, 0.2) is 0 Å². The van der Waals surface area contributed by atoms with Crippen LogP contribution in [0, 0.1) is 5.92 Å². The molecule has 2 heterocycles. The Morgan fingerprint density at radius 1 is 1.07 bits per heavy atom. The monoisotopic (exact) mass is 373 g/mol. The number of carbonyl (C=O) groups is 2. The molecule has 2 fully saturated rings. The molecule has 2 atom stereocenters. The van der Waals surface area contributed by atoms with E-state index in [-0.39, 0.29) is 29.9 Å². The standard InChI is InChI=1S/C22H31NO4/c1-22(2,3)27-21(25)23-17-8-7-9-18(23)15-16(14-17)20(24)12-13-26-19-10-5-4-6-11-19/h4-6,10-11,16-18H,7-9,12-15H2,1-3H3. The molecule has 2 aliphatic heterocycles. The normalized spacial score (nSPS) is 25.0. The molecule has 5 nitrogen and oxygen atoms in total. The van der Waals surface area contributed by atoms with Crippen molar-refractivity contribution in [3.05, 3.63) is 30.3 Å². The number of para-hydroxylation sites is 1. The van der Waals surface area contributed by atoms with Gasteiger partial charge in [0, 0.05) is 24.4 Å². The van der Waals surface area contributed by atoms with Gasteiger partial charge in [0.1, 0.15) is 17.1 Å². The lowest BCUT2D eigenvalue weighted by Gasteiger charge is -2.48. The molecule has 0 N–H and O–H groups in total. The molecule has 0 spiro atoms. The number of rotatable bonds is 5. The van der Waals surface area contributed by atoms with Crippen LogP contribution in [0.2, 0.25) is 0 Å². The van der Waals surface area contributed by atoms with Crippen LogP contribution in [0.25, 0.3) is 0 Å². The first-order chi connectivity index (χ1) is 12.8. The Hall–Kier alpha value is -2.04. The number of benzene rings is 1. The van der Waals surface area contributed by atoms with Crippen molar-refractivity contribution in [3.8, 4) is 5.75 Å². The zero-order chi connectivity index (χ0) is 19.4. The lowest BCUT2D eigenvalue weighted by Crippen LogP contribution is -2.56. The van der Waals surface area contributed by atoms with E-state index in [1.165, 1.54) is 0 Å². The Labute approximate surface area is 162 Å². The van der Waals surface area contributed by atoms with Gasteiger partial charge in [0.05, 0.1) is 6.61 Å². The topological polar surface area (TPSA) is 55.8 Å². The summed E-state index contributed by atoms with van der Waals surface area (Å²) in [6.45, 7) is 6.08. The van der Waals surface area contributed by atoms with Crippen LogP contribution in [0.1, 0.15) is 59.3 Å². The van der Waals surface area contributed by atoms with E-state index < -0.39 is 5.60 Å². The lowest BCUT2D eigenvalue weighted by atomic mass is 9.76. The average Bonchev–Trinajstić information content (AvgIpc) is 2.60. The maximum atomic E-state index is 12.7. The third-order valence-electron chi connectivity index (χ3n) is 5.39. The van der Waals surface area contributed by atoms with E-state index in [9.17, 15) is 9.59 Å². The predicted molar refractivity (Wildman–Crippen MR) is 104 cm³/mol. The maximum Gasteiger partial charge on any atom is 0.410 e. The van der Waals surface area contributed by atoms with Crippen molar-refractivity contribution in [1.82, 2.24) is 4.90 Å². The summed E-state index contributed by atoms with van der Waals surface area (Å²) in [5.41, 5.74) is -0.493. The molecule has 0 aliphatic carbocycles. The molecule has 0 radical (unpaired) electrons. The van der Waals surface area contributed by atoms with Crippen LogP contribution in [-0.2, 0) is 9.53 Å². The Kier molecular flexibility index (Phi) is 6.08. The van der Waals surface area contributed by atoms with Crippen molar-refractivity contribution in [2.45, 2.75) is 77.0 Å². The first-order valence-electron chi connectivity index (χ1n) is 10.1. The summed E-state index contributed by atoms with van der Waals surface area (Å²) < 4.78 is 11.3. The van der Waals surface area contributed by atoms with Crippen molar-refractivity contribution >= 4 is 11.9 Å². The summed E-state index contributed by atoms with van der Waals surface area (Å²) in [7, 11) is 0. The van der Waals surface area contributed by atoms with Crippen molar-refractivity contribution in [3.63, 3.8) is 0 Å². The SMILES string of the molecule is CC(C)(C)OC(=O)N1C2CCCC1CC(C(=O)CCOc1ccccc1)C2. The summed E-state index contributed by atoms with van der Waals surface area (Å²) in [6.07, 6.45) is 4.73. The molecule has 1 aromatic carbocycles. The zero-order valence-electron chi connectivity index (χ0n) is 16.6. The maximum absolute atomic E-state index is 12.7. The summed E-state index contributed by atoms with van der Waals surface area (Å²) in [4.78, 5) is 27.3. The first-order valence-corrected chi connectivity index (χ1v) is 10.1. The number of Topliss-reactive ketones (excluding diaryl/α,β-unsaturated/α-hetero) is 1. The minimum Gasteiger partial charge on any atom is -0.493 e. The Morgan fingerprint density at radius 2 is 1.70 bits per heavy atom. The second-order valence-corrected chi connectivity index (χ2v) is 8.67. The third-order valence-corrected chi connectivity index (χ3v) is 5.39. The van der Waals surface area contributed by atoms with E-state index >= 15 is 0 Å². The van der Waals surface area contributed by atoms with Gasteiger partial charge in [-0.05, 0) is 65.0 Å². The zero-order valence-corrected chi connectivity index (χ0v) is 16.6. The molecule has 2 unspecified atom stereocenters. The van der Waals surface area contributed by atoms with E-state index in [1.54, 1.807) is 0 Å². The molecule has 2 bridgehead atoms. The lowest BCUT2D eigenvalue weighted by molar-refractivity contribution is -0.127. The number of fused-ring (bicyclic) bond motifs is 2. The summed E-state index contributed by atoms with van der Waals surface area (Å²) >= 11 is 0. The number of piperidine rings is 2. The van der Waals surface area contributed by atoms with Crippen molar-refractivity contribution < 1.29 is 19.1 Å². The first kappa shape index (κ1) is 19.7. The molecule has 27 heavy (non-hydrogen) atoms. The molecule has 148 valence electrons. The van der Waals surface area contributed by atoms with Crippen molar-refractivity contribution in [2.24, 2.45) is 5.92 Å². The second kappa shape index (κ2) is 8.32. The van der Waals surface area contributed by atoms with Crippen LogP contribution in [0.3, 0.4) is 0 Å². The molecule has 0 saturated carbocycles. The molecule has 1 amide bonds. The third kappa shape index (κ3) is 5.24. The highest BCUT2D eigenvalue weighted by atomic mass is 16.6. The average molecular weight is 373 g/mol. The minimum absolute atomic E-state index is 0.0263. The van der Waals surface area contributed by atoms with Gasteiger partial charge in [-0.15, -0.1) is 0 Å². The molecule has 1 aromatic rings. The van der Waals surface area contributed by atoms with Crippen LogP contribution < -0.4 is 4.74 Å². The molecule has 5 heteroatoms. The largest absolute Gasteiger partial charge is 0.493 e. The van der Waals surface area contributed by atoms with Gasteiger partial charge in [-0.3, -0.25) is 4.79 Å². The smallest absolute Gasteiger partial charge is 0.410 e. The van der Waals surface area contributed by atoms with Crippen LogP contribution in [0.4, 0.5) is 4.79 Å². The molecule has 2 aliphatic rings. The van der Waals surface area contributed by atoms with Gasteiger partial charge >= 0.3 is 6.09 Å². The fourth-order valence-corrected chi connectivity index (χ4v) is 4.25. The molecule has 0 aromatic heterocycles. The van der Waals surface area contributed by atoms with E-state index in [0.29, 0.717) is 13.0 Å². The fraction of sp³-hybridized carbons (Fsp3) is 0.636. The highest BCUT2D eigenvalue weighted by Gasteiger charge is 2.44. The number of carbonyl (C=O) groups excluding carboxylic acids is 2. The van der Waals surface area contributed by atoms with Gasteiger partial charge in [-0.1, -0.05) is 18.2 Å². The highest BCUT2D eigenvalue weighted by molar-refractivity contribution is 5.82. The van der Waals surface area contributed by atoms with E-state index in [2.05, 4.69) is 0 Å². The van der Waals surface area contributed by atoms with Gasteiger partial charge < -0.3 is 14.4 Å². The van der Waals surface area contributed by atoms with Gasteiger partial charge in [-0.25, -0.2) is 4.79 Å². The van der Waals surface area contributed by atoms with Crippen molar-refractivity contribution in [1.29, 1.82) is 0 Å². The van der Waals surface area contributed by atoms with Crippen molar-refractivity contribution in [2.75, 3.05) is 6.61 Å². The van der Waals surface area contributed by atoms with Crippen LogP contribution >= 0.6 is 0 Å². The predicted octanol–water partition coefficient (Wildman–Crippen LogP) is 4.59. The molecule has 2 saturated heterocycles. The number of hydrogen-bond acceptors (Lipinski definition) is 4. The van der Waals surface area contributed by atoms with Crippen LogP contribution in [0.15, 0.2) is 30.3 Å². The highest BCUT2D eigenvalue weighted by Crippen LogP contribution is 2.38. The summed E-state index contributed by atoms with van der Waals surface area (Å²) in [5.74, 6) is 1.08.